The lowest BCUT2D eigenvalue weighted by atomic mass is 10.0. The Bertz CT molecular complexity index is 789. The maximum atomic E-state index is 14.3. The Kier molecular flexibility index (Phi) is 5.04. The number of carbonyl (C=O) groups is 1. The van der Waals surface area contributed by atoms with E-state index in [9.17, 15) is 18.0 Å². The highest BCUT2D eigenvalue weighted by Crippen LogP contribution is 2.28. The van der Waals surface area contributed by atoms with Gasteiger partial charge in [0.15, 0.2) is 5.82 Å². The van der Waals surface area contributed by atoms with E-state index in [1.165, 1.54) is 24.4 Å². The van der Waals surface area contributed by atoms with Crippen molar-refractivity contribution in [2.45, 2.75) is 12.3 Å². The van der Waals surface area contributed by atoms with Crippen molar-refractivity contribution in [2.75, 3.05) is 11.9 Å². The van der Waals surface area contributed by atoms with Gasteiger partial charge in [-0.05, 0) is 24.3 Å². The molecule has 8 heteroatoms. The van der Waals surface area contributed by atoms with Crippen LogP contribution in [0, 0.1) is 17.1 Å². The summed E-state index contributed by atoms with van der Waals surface area (Å²) < 4.78 is 42.4. The van der Waals surface area contributed by atoms with E-state index in [-0.39, 0.29) is 16.8 Å². The summed E-state index contributed by atoms with van der Waals surface area (Å²) in [6.07, 6.45) is 0.497. The SMILES string of the molecule is N#Cc1ccc(NCC(F)(F)c2ccccn2)c(F)c1CC(=O)O. The molecule has 0 atom stereocenters. The van der Waals surface area contributed by atoms with Crippen LogP contribution in [0.1, 0.15) is 16.8 Å². The van der Waals surface area contributed by atoms with Crippen LogP contribution in [0.5, 0.6) is 0 Å². The summed E-state index contributed by atoms with van der Waals surface area (Å²) in [6, 6.07) is 8.02. The van der Waals surface area contributed by atoms with Crippen molar-refractivity contribution in [3.63, 3.8) is 0 Å². The van der Waals surface area contributed by atoms with Gasteiger partial charge in [0.25, 0.3) is 0 Å². The van der Waals surface area contributed by atoms with Gasteiger partial charge in [0.05, 0.1) is 30.3 Å². The number of nitrogens with one attached hydrogen (secondary N) is 1. The van der Waals surface area contributed by atoms with Crippen LogP contribution >= 0.6 is 0 Å². The monoisotopic (exact) mass is 335 g/mol. The minimum atomic E-state index is -3.35. The van der Waals surface area contributed by atoms with Crippen LogP contribution in [0.4, 0.5) is 18.9 Å². The number of halogens is 3. The second-order valence-electron chi connectivity index (χ2n) is 4.91. The lowest BCUT2D eigenvalue weighted by molar-refractivity contribution is -0.136. The van der Waals surface area contributed by atoms with E-state index in [1.54, 1.807) is 6.07 Å². The molecule has 1 aromatic heterocycles. The van der Waals surface area contributed by atoms with Gasteiger partial charge in [-0.3, -0.25) is 9.78 Å². The van der Waals surface area contributed by atoms with Gasteiger partial charge in [-0.15, -0.1) is 0 Å². The third-order valence-electron chi connectivity index (χ3n) is 3.23. The summed E-state index contributed by atoms with van der Waals surface area (Å²) in [6.45, 7) is -0.931. The number of carboxylic acid groups (broad SMARTS) is 1. The fraction of sp³-hybridized carbons (Fsp3) is 0.188. The molecule has 2 N–H and O–H groups in total. The van der Waals surface area contributed by atoms with Crippen LogP contribution in [-0.4, -0.2) is 22.6 Å². The molecule has 2 rings (SSSR count). The van der Waals surface area contributed by atoms with Gasteiger partial charge in [0, 0.05) is 11.8 Å². The average Bonchev–Trinajstić information content (AvgIpc) is 2.56. The first-order chi connectivity index (χ1) is 11.3. The minimum Gasteiger partial charge on any atom is -0.481 e. The van der Waals surface area contributed by atoms with Crippen LogP contribution in [0.3, 0.4) is 0 Å². The van der Waals surface area contributed by atoms with Crippen LogP contribution < -0.4 is 5.32 Å². The highest BCUT2D eigenvalue weighted by Gasteiger charge is 2.33. The number of hydrogen-bond donors (Lipinski definition) is 2. The van der Waals surface area contributed by atoms with Gasteiger partial charge >= 0.3 is 11.9 Å². The molecule has 0 amide bonds. The molecule has 0 aliphatic heterocycles. The number of benzene rings is 1. The molecule has 0 saturated carbocycles. The van der Waals surface area contributed by atoms with E-state index in [1.807, 2.05) is 0 Å². The Morgan fingerprint density at radius 2 is 2.08 bits per heavy atom. The Hall–Kier alpha value is -3.08. The maximum absolute atomic E-state index is 14.3. The molecule has 1 aromatic carbocycles. The number of carboxylic acids is 1. The molecule has 124 valence electrons. The van der Waals surface area contributed by atoms with E-state index >= 15 is 0 Å². The number of rotatable bonds is 6. The zero-order chi connectivity index (χ0) is 17.7. The molecular weight excluding hydrogens is 323 g/mol. The standard InChI is InChI=1S/C16H12F3N3O2/c17-15-11(7-14(23)24)10(8-20)4-5-12(15)22-9-16(18,19)13-3-1-2-6-21-13/h1-6,22H,7,9H2,(H,23,24). The number of hydrogen-bond acceptors (Lipinski definition) is 4. The highest BCUT2D eigenvalue weighted by molar-refractivity contribution is 5.72. The van der Waals surface area contributed by atoms with Crippen molar-refractivity contribution in [3.05, 3.63) is 59.2 Å². The second kappa shape index (κ2) is 7.00. The van der Waals surface area contributed by atoms with E-state index < -0.39 is 36.4 Å². The van der Waals surface area contributed by atoms with Crippen LogP contribution in [0.25, 0.3) is 0 Å². The molecule has 0 fully saturated rings. The summed E-state index contributed by atoms with van der Waals surface area (Å²) in [5, 5.41) is 19.9. The van der Waals surface area contributed by atoms with Crippen molar-refractivity contribution < 1.29 is 23.1 Å². The molecule has 0 saturated heterocycles. The topological polar surface area (TPSA) is 86.0 Å². The minimum absolute atomic E-state index is 0.156. The second-order valence-corrected chi connectivity index (χ2v) is 4.91. The highest BCUT2D eigenvalue weighted by atomic mass is 19.3. The zero-order valence-electron chi connectivity index (χ0n) is 12.3. The predicted molar refractivity (Wildman–Crippen MR) is 79.1 cm³/mol. The van der Waals surface area contributed by atoms with Crippen molar-refractivity contribution in [1.29, 1.82) is 5.26 Å². The number of nitrogens with zero attached hydrogens (tertiary/aromatic N) is 2. The zero-order valence-corrected chi connectivity index (χ0v) is 12.3. The van der Waals surface area contributed by atoms with Gasteiger partial charge < -0.3 is 10.4 Å². The van der Waals surface area contributed by atoms with Crippen molar-refractivity contribution in [3.8, 4) is 6.07 Å². The Morgan fingerprint density at radius 3 is 2.67 bits per heavy atom. The van der Waals surface area contributed by atoms with Crippen LogP contribution in [0.2, 0.25) is 0 Å². The van der Waals surface area contributed by atoms with Crippen LogP contribution in [-0.2, 0) is 17.1 Å². The summed E-state index contributed by atoms with van der Waals surface area (Å²) in [7, 11) is 0. The summed E-state index contributed by atoms with van der Waals surface area (Å²) >= 11 is 0. The predicted octanol–water partition coefficient (Wildman–Crippen LogP) is 2.92. The number of aromatic nitrogens is 1. The third-order valence-corrected chi connectivity index (χ3v) is 3.23. The van der Waals surface area contributed by atoms with Gasteiger partial charge in [-0.25, -0.2) is 4.39 Å². The molecule has 0 spiro atoms. The molecule has 0 unspecified atom stereocenters. The molecule has 0 bridgehead atoms. The maximum Gasteiger partial charge on any atom is 0.307 e. The Balaban J connectivity index is 2.24. The largest absolute Gasteiger partial charge is 0.481 e. The molecule has 0 radical (unpaired) electrons. The first-order valence-electron chi connectivity index (χ1n) is 6.81. The lowest BCUT2D eigenvalue weighted by Gasteiger charge is -2.18. The normalized spacial score (nSPS) is 10.9. The average molecular weight is 335 g/mol. The number of anilines is 1. The van der Waals surface area contributed by atoms with E-state index in [0.717, 1.165) is 12.1 Å². The van der Waals surface area contributed by atoms with E-state index in [0.29, 0.717) is 0 Å². The van der Waals surface area contributed by atoms with Gasteiger partial charge in [0.1, 0.15) is 5.69 Å². The molecule has 2 aromatic rings. The quantitative estimate of drug-likeness (QED) is 0.848. The fourth-order valence-corrected chi connectivity index (χ4v) is 2.06. The molecular formula is C16H12F3N3O2. The summed E-state index contributed by atoms with van der Waals surface area (Å²) in [4.78, 5) is 14.3. The summed E-state index contributed by atoms with van der Waals surface area (Å²) in [5.74, 6) is -5.72. The molecule has 0 aliphatic rings. The molecule has 24 heavy (non-hydrogen) atoms. The van der Waals surface area contributed by atoms with E-state index in [4.69, 9.17) is 10.4 Å². The summed E-state index contributed by atoms with van der Waals surface area (Å²) in [5.41, 5.74) is -1.29. The number of nitriles is 1. The number of pyridine rings is 1. The third kappa shape index (κ3) is 3.81. The fourth-order valence-electron chi connectivity index (χ4n) is 2.06. The van der Waals surface area contributed by atoms with Gasteiger partial charge in [-0.1, -0.05) is 6.07 Å². The van der Waals surface area contributed by atoms with Crippen molar-refractivity contribution in [1.82, 2.24) is 4.98 Å². The molecule has 1 heterocycles. The first kappa shape index (κ1) is 17.3. The Morgan fingerprint density at radius 1 is 1.33 bits per heavy atom. The first-order valence-corrected chi connectivity index (χ1v) is 6.81. The van der Waals surface area contributed by atoms with Crippen molar-refractivity contribution in [2.24, 2.45) is 0 Å². The molecule has 5 nitrogen and oxygen atoms in total. The lowest BCUT2D eigenvalue weighted by Crippen LogP contribution is -2.26. The van der Waals surface area contributed by atoms with Crippen molar-refractivity contribution >= 4 is 11.7 Å². The smallest absolute Gasteiger partial charge is 0.307 e. The number of alkyl halides is 2. The molecule has 0 aliphatic carbocycles. The Labute approximate surface area is 135 Å². The van der Waals surface area contributed by atoms with Crippen LogP contribution in [0.15, 0.2) is 36.5 Å². The van der Waals surface area contributed by atoms with E-state index in [2.05, 4.69) is 10.3 Å². The van der Waals surface area contributed by atoms with Gasteiger partial charge in [-0.2, -0.15) is 14.0 Å². The van der Waals surface area contributed by atoms with Gasteiger partial charge in [0.2, 0.25) is 0 Å². The number of aliphatic carboxylic acids is 1.